The molecule has 0 unspecified atom stereocenters. The van der Waals surface area contributed by atoms with Crippen molar-refractivity contribution in [3.05, 3.63) is 71.3 Å². The standard InChI is InChI=1S/C16H20Br2N2O4.C16H17Br2NO4/c1-3-23-15(21)7-5-6-14(16(22)24-4-2)20-19-13-9-11(17)8-12(18)10-13;1-3-22-13(20)6-5-10-14-11(18)7-9(17)8-12(14)19-15(10)16(21)23-4-2/h6,8-10,19-20H,3-5,7H2,1-2H3;7-8,19H,3-6H2,1-2H3/b14-6+;. The van der Waals surface area contributed by atoms with Gasteiger partial charge in [0.25, 0.3) is 0 Å². The van der Waals surface area contributed by atoms with Gasteiger partial charge < -0.3 is 29.4 Å². The fourth-order valence-corrected chi connectivity index (χ4v) is 6.89. The van der Waals surface area contributed by atoms with Gasteiger partial charge in [-0.3, -0.25) is 15.0 Å². The van der Waals surface area contributed by atoms with Crippen molar-refractivity contribution in [3.63, 3.8) is 0 Å². The number of nitrogens with one attached hydrogen (secondary N) is 3. The summed E-state index contributed by atoms with van der Waals surface area (Å²) in [7, 11) is 0. The summed E-state index contributed by atoms with van der Waals surface area (Å²) in [4.78, 5) is 50.3. The second-order valence-corrected chi connectivity index (χ2v) is 13.0. The van der Waals surface area contributed by atoms with E-state index in [0.717, 1.165) is 40.0 Å². The third-order valence-corrected chi connectivity index (χ3v) is 7.98. The molecular weight excluding hydrogens is 874 g/mol. The molecular formula is C32H37Br4N3O8. The summed E-state index contributed by atoms with van der Waals surface area (Å²) in [6.45, 7) is 8.23. The zero-order valence-corrected chi connectivity index (χ0v) is 32.7. The van der Waals surface area contributed by atoms with E-state index in [0.29, 0.717) is 31.7 Å². The maximum absolute atomic E-state index is 12.2. The lowest BCUT2D eigenvalue weighted by molar-refractivity contribution is -0.144. The van der Waals surface area contributed by atoms with Gasteiger partial charge in [-0.2, -0.15) is 0 Å². The number of hydrogen-bond acceptors (Lipinski definition) is 10. The Kier molecular flexibility index (Phi) is 18.1. The Bertz CT molecular complexity index is 1560. The zero-order valence-electron chi connectivity index (χ0n) is 26.4. The molecule has 0 spiro atoms. The number of anilines is 1. The maximum atomic E-state index is 12.2. The number of aryl methyl sites for hydroxylation is 1. The van der Waals surface area contributed by atoms with Crippen LogP contribution in [0.5, 0.6) is 0 Å². The first-order valence-electron chi connectivity index (χ1n) is 14.8. The fourth-order valence-electron chi connectivity index (χ4n) is 4.13. The number of carbonyl (C=O) groups excluding carboxylic acids is 4. The number of hydrogen-bond donors (Lipinski definition) is 3. The van der Waals surface area contributed by atoms with Crippen LogP contribution in [0.1, 0.15) is 63.0 Å². The van der Waals surface area contributed by atoms with Crippen LogP contribution >= 0.6 is 63.7 Å². The van der Waals surface area contributed by atoms with Crippen molar-refractivity contribution in [2.24, 2.45) is 0 Å². The van der Waals surface area contributed by atoms with E-state index in [-0.39, 0.29) is 43.7 Å². The monoisotopic (exact) mass is 907 g/mol. The Morgan fingerprint density at radius 2 is 1.32 bits per heavy atom. The van der Waals surface area contributed by atoms with E-state index < -0.39 is 11.9 Å². The molecule has 0 fully saturated rings. The van der Waals surface area contributed by atoms with Gasteiger partial charge in [0.1, 0.15) is 11.4 Å². The summed E-state index contributed by atoms with van der Waals surface area (Å²) in [6, 6.07) is 9.38. The molecule has 256 valence electrons. The predicted molar refractivity (Wildman–Crippen MR) is 194 cm³/mol. The first-order chi connectivity index (χ1) is 22.4. The molecule has 2 aromatic carbocycles. The summed E-state index contributed by atoms with van der Waals surface area (Å²) >= 11 is 13.7. The minimum atomic E-state index is -0.497. The number of carbonyl (C=O) groups is 4. The number of hydrazine groups is 1. The van der Waals surface area contributed by atoms with Crippen LogP contribution in [0.4, 0.5) is 5.69 Å². The zero-order chi connectivity index (χ0) is 34.9. The van der Waals surface area contributed by atoms with Crippen molar-refractivity contribution in [1.29, 1.82) is 0 Å². The SMILES string of the molecule is CCOC(=O)CC/C=C(/NNc1cc(Br)cc(Br)c1)C(=O)OCC.CCOC(=O)CCc1c(C(=O)OCC)[nH]c2cc(Br)cc(Br)c12. The van der Waals surface area contributed by atoms with Gasteiger partial charge in [-0.25, -0.2) is 9.59 Å². The van der Waals surface area contributed by atoms with Crippen molar-refractivity contribution in [1.82, 2.24) is 10.4 Å². The third kappa shape index (κ3) is 13.6. The Morgan fingerprint density at radius 3 is 1.91 bits per heavy atom. The molecule has 15 heteroatoms. The minimum Gasteiger partial charge on any atom is -0.466 e. The molecule has 0 aliphatic carbocycles. The van der Waals surface area contributed by atoms with Crippen molar-refractivity contribution in [2.75, 3.05) is 31.9 Å². The number of fused-ring (bicyclic) bond motifs is 1. The lowest BCUT2D eigenvalue weighted by Gasteiger charge is -2.13. The third-order valence-electron chi connectivity index (χ3n) is 5.98. The van der Waals surface area contributed by atoms with Crippen LogP contribution in [0.2, 0.25) is 0 Å². The summed E-state index contributed by atoms with van der Waals surface area (Å²) < 4.78 is 23.4. The normalized spacial score (nSPS) is 10.9. The lowest BCUT2D eigenvalue weighted by Crippen LogP contribution is -2.27. The number of aromatic nitrogens is 1. The average Bonchev–Trinajstić information content (AvgIpc) is 3.37. The second kappa shape index (κ2) is 21.2. The molecule has 0 aliphatic heterocycles. The van der Waals surface area contributed by atoms with Gasteiger partial charge in [0.15, 0.2) is 0 Å². The number of rotatable bonds is 15. The number of allylic oxidation sites excluding steroid dienone is 1. The quantitative estimate of drug-likeness (QED) is 0.0590. The summed E-state index contributed by atoms with van der Waals surface area (Å²) in [5, 5.41) is 0.876. The Morgan fingerprint density at radius 1 is 0.745 bits per heavy atom. The lowest BCUT2D eigenvalue weighted by atomic mass is 10.1. The van der Waals surface area contributed by atoms with E-state index in [2.05, 4.69) is 79.6 Å². The van der Waals surface area contributed by atoms with Crippen molar-refractivity contribution >= 4 is 104 Å². The summed E-state index contributed by atoms with van der Waals surface area (Å²) in [5.41, 5.74) is 8.67. The van der Waals surface area contributed by atoms with Crippen LogP contribution in [0, 0.1) is 0 Å². The number of benzene rings is 2. The average molecular weight is 911 g/mol. The van der Waals surface area contributed by atoms with Gasteiger partial charge in [-0.1, -0.05) is 69.8 Å². The smallest absolute Gasteiger partial charge is 0.355 e. The van der Waals surface area contributed by atoms with Gasteiger partial charge in [0.05, 0.1) is 32.1 Å². The molecule has 0 bridgehead atoms. The topological polar surface area (TPSA) is 145 Å². The molecule has 3 aromatic rings. The highest BCUT2D eigenvalue weighted by Gasteiger charge is 2.22. The van der Waals surface area contributed by atoms with E-state index in [4.69, 9.17) is 18.9 Å². The van der Waals surface area contributed by atoms with E-state index >= 15 is 0 Å². The molecule has 1 aromatic heterocycles. The molecule has 0 radical (unpaired) electrons. The first kappa shape index (κ1) is 40.3. The highest BCUT2D eigenvalue weighted by atomic mass is 79.9. The molecule has 0 aliphatic rings. The summed E-state index contributed by atoms with van der Waals surface area (Å²) in [5.74, 6) is -1.51. The van der Waals surface area contributed by atoms with E-state index in [9.17, 15) is 19.2 Å². The molecule has 47 heavy (non-hydrogen) atoms. The number of halogens is 4. The number of esters is 4. The fraction of sp³-hybridized carbons (Fsp3) is 0.375. The molecule has 0 saturated heterocycles. The highest BCUT2D eigenvalue weighted by Crippen LogP contribution is 2.34. The Labute approximate surface area is 307 Å². The van der Waals surface area contributed by atoms with Crippen molar-refractivity contribution in [3.8, 4) is 0 Å². The van der Waals surface area contributed by atoms with Gasteiger partial charge >= 0.3 is 23.9 Å². The number of aromatic amines is 1. The van der Waals surface area contributed by atoms with Crippen LogP contribution in [0.25, 0.3) is 10.9 Å². The molecule has 3 N–H and O–H groups in total. The Balaban J connectivity index is 0.000000327. The van der Waals surface area contributed by atoms with E-state index in [1.165, 1.54) is 0 Å². The number of H-pyrrole nitrogens is 1. The Hall–Kier alpha value is -2.88. The van der Waals surface area contributed by atoms with E-state index in [1.807, 2.05) is 30.3 Å². The molecule has 3 rings (SSSR count). The largest absolute Gasteiger partial charge is 0.466 e. The van der Waals surface area contributed by atoms with Crippen LogP contribution in [0.3, 0.4) is 0 Å². The van der Waals surface area contributed by atoms with Gasteiger partial charge in [0, 0.05) is 41.6 Å². The van der Waals surface area contributed by atoms with Crippen LogP contribution in [-0.4, -0.2) is 55.3 Å². The molecule has 0 atom stereocenters. The van der Waals surface area contributed by atoms with Crippen LogP contribution in [-0.2, 0) is 39.8 Å². The van der Waals surface area contributed by atoms with Crippen molar-refractivity contribution < 1.29 is 38.1 Å². The molecule has 0 saturated carbocycles. The van der Waals surface area contributed by atoms with Gasteiger partial charge in [-0.05, 0) is 76.4 Å². The summed E-state index contributed by atoms with van der Waals surface area (Å²) in [6.07, 6.45) is 2.77. The van der Waals surface area contributed by atoms with Crippen molar-refractivity contribution in [2.45, 2.75) is 53.4 Å². The van der Waals surface area contributed by atoms with Crippen LogP contribution < -0.4 is 10.9 Å². The van der Waals surface area contributed by atoms with Gasteiger partial charge in [-0.15, -0.1) is 0 Å². The maximum Gasteiger partial charge on any atom is 0.355 e. The second-order valence-electron chi connectivity index (χ2n) is 9.40. The highest BCUT2D eigenvalue weighted by molar-refractivity contribution is 9.11. The number of ether oxygens (including phenoxy) is 4. The molecule has 11 nitrogen and oxygen atoms in total. The first-order valence-corrected chi connectivity index (χ1v) is 17.9. The minimum absolute atomic E-state index is 0.195. The molecule has 0 amide bonds. The molecule has 1 heterocycles. The van der Waals surface area contributed by atoms with Crippen LogP contribution in [0.15, 0.2) is 60.0 Å². The predicted octanol–water partition coefficient (Wildman–Crippen LogP) is 8.28. The van der Waals surface area contributed by atoms with E-state index in [1.54, 1.807) is 33.8 Å². The van der Waals surface area contributed by atoms with Gasteiger partial charge in [0.2, 0.25) is 0 Å².